The highest BCUT2D eigenvalue weighted by Crippen LogP contribution is 2.22. The molecule has 0 fully saturated rings. The monoisotopic (exact) mass is 255 g/mol. The third-order valence-corrected chi connectivity index (χ3v) is 3.71. The van der Waals surface area contributed by atoms with E-state index in [9.17, 15) is 4.39 Å². The van der Waals surface area contributed by atoms with E-state index in [1.54, 1.807) is 12.1 Å². The number of likely N-dealkylation sites (N-methyl/N-ethyl adjacent to an activating group) is 1. The Hall–Kier alpha value is -0.540. The average molecular weight is 255 g/mol. The van der Waals surface area contributed by atoms with Crippen molar-refractivity contribution in [2.24, 2.45) is 0 Å². The van der Waals surface area contributed by atoms with E-state index in [2.05, 4.69) is 19.2 Å². The molecule has 1 aromatic rings. The van der Waals surface area contributed by atoms with Crippen LogP contribution in [0.2, 0.25) is 0 Å². The molecule has 0 aromatic heterocycles. The fraction of sp³-hybridized carbons (Fsp3) is 0.571. The fourth-order valence-electron chi connectivity index (χ4n) is 1.84. The first-order valence-electron chi connectivity index (χ1n) is 6.31. The second-order valence-corrected chi connectivity index (χ2v) is 5.44. The molecule has 0 heterocycles. The van der Waals surface area contributed by atoms with Crippen molar-refractivity contribution in [2.45, 2.75) is 26.2 Å². The molecule has 1 atom stereocenters. The van der Waals surface area contributed by atoms with Crippen molar-refractivity contribution in [1.29, 1.82) is 0 Å². The summed E-state index contributed by atoms with van der Waals surface area (Å²) in [5.41, 5.74) is 1.11. The lowest BCUT2D eigenvalue weighted by molar-refractivity contribution is 0.576. The summed E-state index contributed by atoms with van der Waals surface area (Å²) >= 11 is 1.95. The van der Waals surface area contributed by atoms with E-state index >= 15 is 0 Å². The van der Waals surface area contributed by atoms with Gasteiger partial charge in [-0.25, -0.2) is 4.39 Å². The molecule has 0 saturated carbocycles. The molecule has 1 unspecified atom stereocenters. The second-order valence-electron chi connectivity index (χ2n) is 4.05. The molecule has 0 aliphatic heterocycles. The largest absolute Gasteiger partial charge is 0.316 e. The maximum absolute atomic E-state index is 13.2. The molecule has 0 bridgehead atoms. The maximum Gasteiger partial charge on any atom is 0.123 e. The molecular weight excluding hydrogens is 233 g/mol. The maximum atomic E-state index is 13.2. The minimum atomic E-state index is -0.132. The van der Waals surface area contributed by atoms with Crippen LogP contribution in [-0.4, -0.2) is 24.6 Å². The smallest absolute Gasteiger partial charge is 0.123 e. The highest BCUT2D eigenvalue weighted by molar-refractivity contribution is 7.99. The van der Waals surface area contributed by atoms with Gasteiger partial charge in [0.05, 0.1) is 0 Å². The molecule has 1 nitrogen and oxygen atoms in total. The van der Waals surface area contributed by atoms with Crippen LogP contribution in [0.4, 0.5) is 4.39 Å². The van der Waals surface area contributed by atoms with Crippen molar-refractivity contribution in [3.05, 3.63) is 35.6 Å². The number of thioether (sulfide) groups is 1. The van der Waals surface area contributed by atoms with Crippen molar-refractivity contribution in [3.63, 3.8) is 0 Å². The Morgan fingerprint density at radius 2 is 2.18 bits per heavy atom. The SMILES string of the molecule is CCNCC(CCSCC)c1cccc(F)c1. The predicted molar refractivity (Wildman–Crippen MR) is 75.3 cm³/mol. The molecule has 0 aliphatic rings. The Labute approximate surface area is 108 Å². The van der Waals surface area contributed by atoms with E-state index in [0.29, 0.717) is 5.92 Å². The lowest BCUT2D eigenvalue weighted by Crippen LogP contribution is -2.21. The van der Waals surface area contributed by atoms with Crippen LogP contribution in [0.15, 0.2) is 24.3 Å². The van der Waals surface area contributed by atoms with Crippen molar-refractivity contribution < 1.29 is 4.39 Å². The summed E-state index contributed by atoms with van der Waals surface area (Å²) < 4.78 is 13.2. The lowest BCUT2D eigenvalue weighted by atomic mass is 9.96. The highest BCUT2D eigenvalue weighted by atomic mass is 32.2. The number of hydrogen-bond acceptors (Lipinski definition) is 2. The normalized spacial score (nSPS) is 12.6. The van der Waals surface area contributed by atoms with E-state index in [0.717, 1.165) is 36.6 Å². The van der Waals surface area contributed by atoms with Crippen molar-refractivity contribution in [3.8, 4) is 0 Å². The summed E-state index contributed by atoms with van der Waals surface area (Å²) in [6.45, 7) is 6.17. The van der Waals surface area contributed by atoms with Gasteiger partial charge >= 0.3 is 0 Å². The number of rotatable bonds is 8. The van der Waals surface area contributed by atoms with Gasteiger partial charge in [-0.15, -0.1) is 0 Å². The molecule has 17 heavy (non-hydrogen) atoms. The van der Waals surface area contributed by atoms with E-state index in [1.165, 1.54) is 6.07 Å². The molecule has 0 radical (unpaired) electrons. The first-order chi connectivity index (χ1) is 8.27. The topological polar surface area (TPSA) is 12.0 Å². The predicted octanol–water partition coefficient (Wildman–Crippen LogP) is 3.66. The van der Waals surface area contributed by atoms with Crippen LogP contribution < -0.4 is 5.32 Å². The quantitative estimate of drug-likeness (QED) is 0.711. The zero-order valence-electron chi connectivity index (χ0n) is 10.7. The van der Waals surface area contributed by atoms with Gasteiger partial charge in [0.25, 0.3) is 0 Å². The minimum absolute atomic E-state index is 0.132. The number of benzene rings is 1. The summed E-state index contributed by atoms with van der Waals surface area (Å²) in [4.78, 5) is 0. The summed E-state index contributed by atoms with van der Waals surface area (Å²) in [7, 11) is 0. The van der Waals surface area contributed by atoms with Crippen LogP contribution in [-0.2, 0) is 0 Å². The Kier molecular flexibility index (Phi) is 7.29. The number of halogens is 1. The second kappa shape index (κ2) is 8.54. The van der Waals surface area contributed by atoms with E-state index in [-0.39, 0.29) is 5.82 Å². The van der Waals surface area contributed by atoms with Gasteiger partial charge in [-0.05, 0) is 48.1 Å². The van der Waals surface area contributed by atoms with Crippen LogP contribution in [0.3, 0.4) is 0 Å². The van der Waals surface area contributed by atoms with Gasteiger partial charge in [0.1, 0.15) is 5.82 Å². The number of hydrogen-bond donors (Lipinski definition) is 1. The van der Waals surface area contributed by atoms with Gasteiger partial charge in [-0.1, -0.05) is 26.0 Å². The van der Waals surface area contributed by atoms with Crippen molar-refractivity contribution in [1.82, 2.24) is 5.32 Å². The van der Waals surface area contributed by atoms with Gasteiger partial charge in [0.15, 0.2) is 0 Å². The first kappa shape index (κ1) is 14.5. The van der Waals surface area contributed by atoms with Gasteiger partial charge in [0.2, 0.25) is 0 Å². The van der Waals surface area contributed by atoms with Crippen LogP contribution in [0.5, 0.6) is 0 Å². The Morgan fingerprint density at radius 1 is 1.35 bits per heavy atom. The molecule has 3 heteroatoms. The Balaban J connectivity index is 2.60. The molecular formula is C14H22FNS. The summed E-state index contributed by atoms with van der Waals surface area (Å²) in [6.07, 6.45) is 1.11. The lowest BCUT2D eigenvalue weighted by Gasteiger charge is -2.17. The van der Waals surface area contributed by atoms with Crippen molar-refractivity contribution >= 4 is 11.8 Å². The summed E-state index contributed by atoms with van der Waals surface area (Å²) in [5.74, 6) is 2.58. The summed E-state index contributed by atoms with van der Waals surface area (Å²) in [5, 5.41) is 3.36. The van der Waals surface area contributed by atoms with Crippen molar-refractivity contribution in [2.75, 3.05) is 24.6 Å². The highest BCUT2D eigenvalue weighted by Gasteiger charge is 2.11. The molecule has 96 valence electrons. The van der Waals surface area contributed by atoms with Crippen LogP contribution in [0.25, 0.3) is 0 Å². The Bertz CT molecular complexity index is 317. The van der Waals surface area contributed by atoms with E-state index < -0.39 is 0 Å². The standard InChI is InChI=1S/C14H22FNS/c1-3-16-11-13(8-9-17-4-2)12-6-5-7-14(15)10-12/h5-7,10,13,16H,3-4,8-9,11H2,1-2H3. The van der Waals surface area contributed by atoms with Gasteiger partial charge in [-0.2, -0.15) is 11.8 Å². The molecule has 1 N–H and O–H groups in total. The van der Waals surface area contributed by atoms with Crippen LogP contribution >= 0.6 is 11.8 Å². The fourth-order valence-corrected chi connectivity index (χ4v) is 2.58. The minimum Gasteiger partial charge on any atom is -0.316 e. The zero-order chi connectivity index (χ0) is 12.5. The van der Waals surface area contributed by atoms with Gasteiger partial charge < -0.3 is 5.32 Å². The third-order valence-electron chi connectivity index (χ3n) is 2.78. The first-order valence-corrected chi connectivity index (χ1v) is 7.47. The van der Waals surface area contributed by atoms with E-state index in [4.69, 9.17) is 0 Å². The number of nitrogens with one attached hydrogen (secondary N) is 1. The molecule has 0 spiro atoms. The van der Waals surface area contributed by atoms with E-state index in [1.807, 2.05) is 17.8 Å². The molecule has 1 aromatic carbocycles. The average Bonchev–Trinajstić information content (AvgIpc) is 2.33. The third kappa shape index (κ3) is 5.55. The summed E-state index contributed by atoms with van der Waals surface area (Å²) in [6, 6.07) is 7.01. The van der Waals surface area contributed by atoms with Crippen LogP contribution in [0, 0.1) is 5.82 Å². The zero-order valence-corrected chi connectivity index (χ0v) is 11.5. The molecule has 0 aliphatic carbocycles. The molecule has 0 saturated heterocycles. The molecule has 0 amide bonds. The molecule has 1 rings (SSSR count). The Morgan fingerprint density at radius 3 is 2.82 bits per heavy atom. The van der Waals surface area contributed by atoms with Crippen LogP contribution in [0.1, 0.15) is 31.7 Å². The van der Waals surface area contributed by atoms with Gasteiger partial charge in [-0.3, -0.25) is 0 Å². The van der Waals surface area contributed by atoms with Gasteiger partial charge in [0, 0.05) is 6.54 Å².